The first-order valence-electron chi connectivity index (χ1n) is 6.21. The van der Waals surface area contributed by atoms with E-state index in [1.165, 1.54) is 18.3 Å². The van der Waals surface area contributed by atoms with E-state index in [0.29, 0.717) is 22.0 Å². The van der Waals surface area contributed by atoms with Gasteiger partial charge in [0.05, 0.1) is 15.5 Å². The molecule has 1 aromatic carbocycles. The van der Waals surface area contributed by atoms with Crippen LogP contribution in [0.5, 0.6) is 0 Å². The van der Waals surface area contributed by atoms with Crippen LogP contribution in [0.25, 0.3) is 0 Å². The Morgan fingerprint density at radius 1 is 1.25 bits per heavy atom. The Bertz CT molecular complexity index is 718. The number of Topliss-reactive ketones (excluding diaryl/α,β-unsaturated/α-hetero) is 1. The topological polar surface area (TPSA) is 64.1 Å². The Morgan fingerprint density at radius 3 is 2.40 bits per heavy atom. The van der Waals surface area contributed by atoms with Gasteiger partial charge >= 0.3 is 0 Å². The van der Waals surface area contributed by atoms with Crippen LogP contribution < -0.4 is 0 Å². The predicted octanol–water partition coefficient (Wildman–Crippen LogP) is 2.88. The van der Waals surface area contributed by atoms with Gasteiger partial charge in [-0.25, -0.2) is 13.4 Å². The van der Waals surface area contributed by atoms with Crippen LogP contribution in [0.2, 0.25) is 0 Å². The fourth-order valence-corrected chi connectivity index (χ4v) is 4.52. The lowest BCUT2D eigenvalue weighted by molar-refractivity contribution is 0.102. The van der Waals surface area contributed by atoms with Crippen molar-refractivity contribution in [1.29, 1.82) is 0 Å². The number of aryl methyl sites for hydroxylation is 1. The molecule has 20 heavy (non-hydrogen) atoms. The number of benzene rings is 1. The zero-order valence-electron chi connectivity index (χ0n) is 11.3. The maximum absolute atomic E-state index is 12.3. The quantitative estimate of drug-likeness (QED) is 0.797. The Balaban J connectivity index is 2.33. The predicted molar refractivity (Wildman–Crippen MR) is 78.8 cm³/mol. The van der Waals surface area contributed by atoms with Gasteiger partial charge in [0.2, 0.25) is 0 Å². The fourth-order valence-electron chi connectivity index (χ4n) is 1.85. The molecule has 0 unspecified atom stereocenters. The van der Waals surface area contributed by atoms with Crippen LogP contribution in [0.15, 0.2) is 35.2 Å². The van der Waals surface area contributed by atoms with Gasteiger partial charge in [0.25, 0.3) is 0 Å². The summed E-state index contributed by atoms with van der Waals surface area (Å²) in [6.07, 6.45) is 0.622. The van der Waals surface area contributed by atoms with Crippen LogP contribution in [0.3, 0.4) is 0 Å². The molecule has 4 nitrogen and oxygen atoms in total. The largest absolute Gasteiger partial charge is 0.294 e. The molecular formula is C14H15NO3S2. The standard InChI is InChI=1S/C14H15NO3S2/c1-3-12-14(10(2)16)19-13(15-12)9-20(17,18)11-7-5-4-6-8-11/h4-8H,3,9H2,1-2H3. The van der Waals surface area contributed by atoms with Gasteiger partial charge in [0.1, 0.15) is 10.8 Å². The minimum atomic E-state index is -3.41. The zero-order valence-corrected chi connectivity index (χ0v) is 12.9. The van der Waals surface area contributed by atoms with Crippen LogP contribution in [-0.4, -0.2) is 19.2 Å². The summed E-state index contributed by atoms with van der Waals surface area (Å²) in [6, 6.07) is 8.27. The lowest BCUT2D eigenvalue weighted by Gasteiger charge is -2.01. The molecule has 1 heterocycles. The molecule has 2 aromatic rings. The molecule has 0 bridgehead atoms. The third-order valence-electron chi connectivity index (χ3n) is 2.81. The number of thiazole rings is 1. The van der Waals surface area contributed by atoms with Crippen molar-refractivity contribution >= 4 is 27.0 Å². The van der Waals surface area contributed by atoms with Crippen LogP contribution in [0, 0.1) is 0 Å². The molecule has 0 radical (unpaired) electrons. The molecule has 0 aliphatic heterocycles. The molecule has 0 atom stereocenters. The monoisotopic (exact) mass is 309 g/mol. The van der Waals surface area contributed by atoms with Gasteiger partial charge in [0.15, 0.2) is 15.6 Å². The van der Waals surface area contributed by atoms with Crippen LogP contribution >= 0.6 is 11.3 Å². The number of rotatable bonds is 5. The van der Waals surface area contributed by atoms with Gasteiger partial charge < -0.3 is 0 Å². The van der Waals surface area contributed by atoms with E-state index in [9.17, 15) is 13.2 Å². The number of sulfone groups is 1. The summed E-state index contributed by atoms with van der Waals surface area (Å²) in [5, 5.41) is 0.468. The number of aromatic nitrogens is 1. The molecule has 0 saturated heterocycles. The second kappa shape index (κ2) is 5.85. The van der Waals surface area contributed by atoms with E-state index >= 15 is 0 Å². The van der Waals surface area contributed by atoms with Crippen molar-refractivity contribution in [2.75, 3.05) is 0 Å². The first-order valence-corrected chi connectivity index (χ1v) is 8.68. The van der Waals surface area contributed by atoms with Crippen molar-refractivity contribution in [2.24, 2.45) is 0 Å². The van der Waals surface area contributed by atoms with Crippen molar-refractivity contribution in [3.05, 3.63) is 45.9 Å². The lowest BCUT2D eigenvalue weighted by Crippen LogP contribution is -2.04. The summed E-state index contributed by atoms with van der Waals surface area (Å²) in [5.74, 6) is -0.232. The molecular weight excluding hydrogens is 294 g/mol. The van der Waals surface area contributed by atoms with Gasteiger partial charge in [-0.05, 0) is 18.6 Å². The Hall–Kier alpha value is -1.53. The third-order valence-corrected chi connectivity index (χ3v) is 5.84. The second-order valence-electron chi connectivity index (χ2n) is 4.37. The summed E-state index contributed by atoms with van der Waals surface area (Å²) in [5.41, 5.74) is 0.681. The van der Waals surface area contributed by atoms with E-state index in [0.717, 1.165) is 0 Å². The highest BCUT2D eigenvalue weighted by Gasteiger charge is 2.20. The number of carbonyl (C=O) groups is 1. The second-order valence-corrected chi connectivity index (χ2v) is 7.44. The van der Waals surface area contributed by atoms with Gasteiger partial charge in [0, 0.05) is 6.92 Å². The molecule has 2 rings (SSSR count). The van der Waals surface area contributed by atoms with E-state index in [1.807, 2.05) is 6.92 Å². The average molecular weight is 309 g/mol. The SMILES string of the molecule is CCc1nc(CS(=O)(=O)c2ccccc2)sc1C(C)=O. The highest BCUT2D eigenvalue weighted by molar-refractivity contribution is 7.90. The van der Waals surface area contributed by atoms with Crippen LogP contribution in [-0.2, 0) is 22.0 Å². The summed E-state index contributed by atoms with van der Waals surface area (Å²) in [4.78, 5) is 16.6. The molecule has 1 aromatic heterocycles. The first kappa shape index (κ1) is 14.9. The number of nitrogens with zero attached hydrogens (tertiary/aromatic N) is 1. The third kappa shape index (κ3) is 3.13. The maximum atomic E-state index is 12.3. The Kier molecular flexibility index (Phi) is 4.35. The first-order chi connectivity index (χ1) is 9.44. The molecule has 6 heteroatoms. The van der Waals surface area contributed by atoms with Crippen molar-refractivity contribution in [1.82, 2.24) is 4.98 Å². The van der Waals surface area contributed by atoms with E-state index in [2.05, 4.69) is 4.98 Å². The van der Waals surface area contributed by atoms with E-state index in [1.54, 1.807) is 30.3 Å². The molecule has 0 spiro atoms. The van der Waals surface area contributed by atoms with Gasteiger partial charge in [-0.15, -0.1) is 11.3 Å². The van der Waals surface area contributed by atoms with Crippen molar-refractivity contribution < 1.29 is 13.2 Å². The van der Waals surface area contributed by atoms with Crippen molar-refractivity contribution in [3.63, 3.8) is 0 Å². The number of carbonyl (C=O) groups excluding carboxylic acids is 1. The molecule has 0 aliphatic carbocycles. The zero-order chi connectivity index (χ0) is 14.8. The molecule has 0 amide bonds. The summed E-state index contributed by atoms with van der Waals surface area (Å²) in [6.45, 7) is 3.37. The molecule has 0 saturated carbocycles. The van der Waals surface area contributed by atoms with Crippen LogP contribution in [0.4, 0.5) is 0 Å². The van der Waals surface area contributed by atoms with Crippen molar-refractivity contribution in [3.8, 4) is 0 Å². The van der Waals surface area contributed by atoms with Gasteiger partial charge in [-0.3, -0.25) is 4.79 Å². The van der Waals surface area contributed by atoms with E-state index in [4.69, 9.17) is 0 Å². The smallest absolute Gasteiger partial charge is 0.184 e. The normalized spacial score (nSPS) is 11.5. The van der Waals surface area contributed by atoms with Crippen LogP contribution in [0.1, 0.15) is 34.2 Å². The lowest BCUT2D eigenvalue weighted by atomic mass is 10.2. The van der Waals surface area contributed by atoms with E-state index in [-0.39, 0.29) is 16.4 Å². The minimum absolute atomic E-state index is 0.0669. The highest BCUT2D eigenvalue weighted by Crippen LogP contribution is 2.24. The van der Waals surface area contributed by atoms with Gasteiger partial charge in [-0.2, -0.15) is 0 Å². The minimum Gasteiger partial charge on any atom is -0.294 e. The molecule has 0 aliphatic rings. The molecule has 106 valence electrons. The Labute approximate surface area is 122 Å². The molecule has 0 fully saturated rings. The average Bonchev–Trinajstić information content (AvgIpc) is 2.82. The fraction of sp³-hybridized carbons (Fsp3) is 0.286. The number of ketones is 1. The number of hydrogen-bond acceptors (Lipinski definition) is 5. The van der Waals surface area contributed by atoms with E-state index < -0.39 is 9.84 Å². The molecule has 0 N–H and O–H groups in total. The number of hydrogen-bond donors (Lipinski definition) is 0. The van der Waals surface area contributed by atoms with Gasteiger partial charge in [-0.1, -0.05) is 25.1 Å². The van der Waals surface area contributed by atoms with Crippen molar-refractivity contribution in [2.45, 2.75) is 30.9 Å². The summed E-state index contributed by atoms with van der Waals surface area (Å²) < 4.78 is 24.5. The maximum Gasteiger partial charge on any atom is 0.184 e. The Morgan fingerprint density at radius 2 is 1.90 bits per heavy atom. The summed E-state index contributed by atoms with van der Waals surface area (Å²) in [7, 11) is -3.41. The summed E-state index contributed by atoms with van der Waals surface area (Å²) >= 11 is 1.17. The highest BCUT2D eigenvalue weighted by atomic mass is 32.2.